The fourth-order valence-electron chi connectivity index (χ4n) is 7.56. The molecule has 0 radical (unpaired) electrons. The molecule has 1 aliphatic carbocycles. The van der Waals surface area contributed by atoms with E-state index in [1.54, 1.807) is 0 Å². The van der Waals surface area contributed by atoms with Crippen LogP contribution in [-0.2, 0) is 16.6 Å². The molecular weight excluding hydrogens is 573 g/mol. The molecule has 3 saturated heterocycles. The molecule has 238 valence electrons. The summed E-state index contributed by atoms with van der Waals surface area (Å²) in [4.78, 5) is 39.2. The van der Waals surface area contributed by atoms with Gasteiger partial charge in [-0.1, -0.05) is 6.07 Å². The second-order valence-electron chi connectivity index (χ2n) is 12.8. The highest BCUT2D eigenvalue weighted by Crippen LogP contribution is 2.42. The van der Waals surface area contributed by atoms with Crippen LogP contribution in [-0.4, -0.2) is 108 Å². The number of aromatic nitrogens is 1. The lowest BCUT2D eigenvalue weighted by Crippen LogP contribution is -2.47. The number of nitrogens with zero attached hydrogens (tertiary/aromatic N) is 5. The fourth-order valence-corrected chi connectivity index (χ4v) is 7.56. The van der Waals surface area contributed by atoms with E-state index in [9.17, 15) is 27.9 Å². The van der Waals surface area contributed by atoms with Gasteiger partial charge in [0.25, 0.3) is 5.91 Å². The van der Waals surface area contributed by atoms with Gasteiger partial charge in [0.1, 0.15) is 5.60 Å². The Morgan fingerprint density at radius 1 is 0.977 bits per heavy atom. The molecule has 6 rings (SSSR count). The summed E-state index contributed by atoms with van der Waals surface area (Å²) in [6.07, 6.45) is 2.00. The molecule has 2 aromatic rings. The highest BCUT2D eigenvalue weighted by molar-refractivity contribution is 5.96. The van der Waals surface area contributed by atoms with E-state index in [1.165, 1.54) is 12.1 Å². The Morgan fingerprint density at radius 2 is 1.70 bits per heavy atom. The van der Waals surface area contributed by atoms with Crippen LogP contribution in [0.4, 0.5) is 18.9 Å². The van der Waals surface area contributed by atoms with Gasteiger partial charge in [-0.15, -0.1) is 0 Å². The zero-order chi connectivity index (χ0) is 31.1. The topological polar surface area (TPSA) is 92.3 Å². The predicted octanol–water partition coefficient (Wildman–Crippen LogP) is 3.09. The number of likely N-dealkylation sites (N-methyl/N-ethyl adjacent to an activating group) is 1. The van der Waals surface area contributed by atoms with Crippen LogP contribution in [0.2, 0.25) is 0 Å². The van der Waals surface area contributed by atoms with Crippen molar-refractivity contribution < 1.29 is 27.9 Å². The monoisotopic (exact) mass is 614 g/mol. The van der Waals surface area contributed by atoms with Crippen LogP contribution in [0.5, 0.6) is 0 Å². The van der Waals surface area contributed by atoms with Gasteiger partial charge in [-0.05, 0) is 75.9 Å². The molecule has 1 aromatic heterocycles. The molecule has 4 aliphatic rings. The minimum atomic E-state index is -4.55. The number of nitrogens with one attached hydrogen (secondary N) is 1. The Kier molecular flexibility index (Phi) is 8.60. The van der Waals surface area contributed by atoms with E-state index >= 15 is 0 Å². The second kappa shape index (κ2) is 12.3. The van der Waals surface area contributed by atoms with Crippen molar-refractivity contribution in [3.8, 4) is 0 Å². The van der Waals surface area contributed by atoms with Crippen LogP contribution in [0.3, 0.4) is 0 Å². The first-order valence-electron chi connectivity index (χ1n) is 15.6. The normalized spacial score (nSPS) is 28.2. The first kappa shape index (κ1) is 30.8. The molecule has 12 heteroatoms. The SMILES string of the molecule is CN1CCN(c2ccc(C3(O)CCC(N4CC[C@@H]5[C@H]4CCN5C(=O)CNC(=O)c4cccc(C(F)(F)F)c4)CC3)nc2)CC1. The van der Waals surface area contributed by atoms with Gasteiger partial charge in [0, 0.05) is 63.0 Å². The van der Waals surface area contributed by atoms with Crippen molar-refractivity contribution in [2.24, 2.45) is 0 Å². The number of likely N-dealkylation sites (tertiary alicyclic amines) is 2. The number of hydrogen-bond donors (Lipinski definition) is 2. The van der Waals surface area contributed by atoms with Crippen LogP contribution in [0.15, 0.2) is 42.6 Å². The van der Waals surface area contributed by atoms with Crippen molar-refractivity contribution in [1.29, 1.82) is 0 Å². The first-order valence-corrected chi connectivity index (χ1v) is 15.6. The molecule has 44 heavy (non-hydrogen) atoms. The van der Waals surface area contributed by atoms with Crippen LogP contribution >= 0.6 is 0 Å². The number of fused-ring (bicyclic) bond motifs is 1. The van der Waals surface area contributed by atoms with E-state index in [-0.39, 0.29) is 30.1 Å². The number of halogens is 3. The van der Waals surface area contributed by atoms with E-state index in [0.717, 1.165) is 81.9 Å². The van der Waals surface area contributed by atoms with Crippen molar-refractivity contribution in [3.05, 3.63) is 59.4 Å². The van der Waals surface area contributed by atoms with Crippen LogP contribution in [0.25, 0.3) is 0 Å². The average molecular weight is 615 g/mol. The molecule has 0 bridgehead atoms. The molecule has 2 N–H and O–H groups in total. The largest absolute Gasteiger partial charge is 0.416 e. The Labute approximate surface area is 256 Å². The zero-order valence-electron chi connectivity index (χ0n) is 25.1. The maximum Gasteiger partial charge on any atom is 0.416 e. The summed E-state index contributed by atoms with van der Waals surface area (Å²) in [5.74, 6) is -0.921. The van der Waals surface area contributed by atoms with Crippen molar-refractivity contribution in [2.75, 3.05) is 57.8 Å². The molecule has 1 saturated carbocycles. The summed E-state index contributed by atoms with van der Waals surface area (Å²) in [5.41, 5.74) is -0.138. The third-order valence-corrected chi connectivity index (χ3v) is 10.1. The number of amides is 2. The lowest BCUT2D eigenvalue weighted by molar-refractivity contribution is -0.137. The molecule has 4 fully saturated rings. The minimum Gasteiger partial charge on any atom is -0.384 e. The number of rotatable bonds is 6. The van der Waals surface area contributed by atoms with E-state index in [2.05, 4.69) is 33.1 Å². The lowest BCUT2D eigenvalue weighted by atomic mass is 9.79. The summed E-state index contributed by atoms with van der Waals surface area (Å²) in [6.45, 7) is 5.20. The summed E-state index contributed by atoms with van der Waals surface area (Å²) >= 11 is 0. The van der Waals surface area contributed by atoms with E-state index < -0.39 is 23.2 Å². The van der Waals surface area contributed by atoms with Crippen molar-refractivity contribution >= 4 is 17.5 Å². The van der Waals surface area contributed by atoms with Gasteiger partial charge in [0.2, 0.25) is 5.91 Å². The number of piperazine rings is 1. The molecule has 0 spiro atoms. The summed E-state index contributed by atoms with van der Waals surface area (Å²) in [5, 5.41) is 14.0. The fraction of sp³-hybridized carbons (Fsp3) is 0.594. The number of hydrogen-bond acceptors (Lipinski definition) is 7. The molecular formula is C32H41F3N6O3. The van der Waals surface area contributed by atoms with Gasteiger partial charge in [0.15, 0.2) is 0 Å². The second-order valence-corrected chi connectivity index (χ2v) is 12.8. The minimum absolute atomic E-state index is 0.0533. The van der Waals surface area contributed by atoms with Gasteiger partial charge >= 0.3 is 6.18 Å². The van der Waals surface area contributed by atoms with Gasteiger partial charge in [-0.25, -0.2) is 0 Å². The average Bonchev–Trinajstić information content (AvgIpc) is 3.63. The number of carbonyl (C=O) groups excluding carboxylic acids is 2. The van der Waals surface area contributed by atoms with Crippen molar-refractivity contribution in [3.63, 3.8) is 0 Å². The molecule has 3 aliphatic heterocycles. The molecule has 9 nitrogen and oxygen atoms in total. The Bertz CT molecular complexity index is 1340. The maximum absolute atomic E-state index is 13.1. The van der Waals surface area contributed by atoms with Gasteiger partial charge in [-0.3, -0.25) is 19.5 Å². The Hall–Kier alpha value is -3.22. The molecule has 0 unspecified atom stereocenters. The molecule has 2 atom stereocenters. The summed E-state index contributed by atoms with van der Waals surface area (Å²) in [7, 11) is 2.13. The van der Waals surface area contributed by atoms with Crippen molar-refractivity contribution in [1.82, 2.24) is 25.0 Å². The number of benzene rings is 1. The molecule has 1 aromatic carbocycles. The highest BCUT2D eigenvalue weighted by Gasteiger charge is 2.48. The molecule has 4 heterocycles. The van der Waals surface area contributed by atoms with Gasteiger partial charge < -0.3 is 25.1 Å². The van der Waals surface area contributed by atoms with E-state index in [1.807, 2.05) is 17.2 Å². The number of carbonyl (C=O) groups is 2. The maximum atomic E-state index is 13.1. The summed E-state index contributed by atoms with van der Waals surface area (Å²) in [6, 6.07) is 8.87. The quantitative estimate of drug-likeness (QED) is 0.517. The molecule has 2 amide bonds. The first-order chi connectivity index (χ1) is 21.0. The number of aliphatic hydroxyl groups is 1. The number of anilines is 1. The smallest absolute Gasteiger partial charge is 0.384 e. The van der Waals surface area contributed by atoms with E-state index in [0.29, 0.717) is 25.4 Å². The standard InChI is InChI=1S/C32H41F3N6O3/c1-38-15-17-39(18-16-38)25-5-6-28(36-20-25)31(44)11-7-24(8-12-31)40-13-9-27-26(40)10-14-41(27)29(42)21-37-30(43)22-3-2-4-23(19-22)32(33,34)35/h2-6,19-20,24,26-27,44H,7-18,21H2,1H3,(H,37,43)/t24?,26-,27-,31?/m1/s1. The Morgan fingerprint density at radius 3 is 2.39 bits per heavy atom. The van der Waals surface area contributed by atoms with Crippen LogP contribution < -0.4 is 10.2 Å². The van der Waals surface area contributed by atoms with Crippen LogP contribution in [0.1, 0.15) is 60.1 Å². The lowest BCUT2D eigenvalue weighted by Gasteiger charge is -2.41. The van der Waals surface area contributed by atoms with Crippen molar-refractivity contribution in [2.45, 2.75) is 68.4 Å². The van der Waals surface area contributed by atoms with Crippen LogP contribution in [0, 0.1) is 0 Å². The predicted molar refractivity (Wildman–Crippen MR) is 159 cm³/mol. The van der Waals surface area contributed by atoms with Gasteiger partial charge in [-0.2, -0.15) is 13.2 Å². The number of pyridine rings is 1. The third-order valence-electron chi connectivity index (χ3n) is 10.1. The van der Waals surface area contributed by atoms with Gasteiger partial charge in [0.05, 0.1) is 29.7 Å². The number of alkyl halides is 3. The summed E-state index contributed by atoms with van der Waals surface area (Å²) < 4.78 is 39.1. The Balaban J connectivity index is 0.997. The highest BCUT2D eigenvalue weighted by atomic mass is 19.4. The zero-order valence-corrected chi connectivity index (χ0v) is 25.1. The van der Waals surface area contributed by atoms with E-state index in [4.69, 9.17) is 4.98 Å². The third kappa shape index (κ3) is 6.29.